The van der Waals surface area contributed by atoms with Crippen molar-refractivity contribution in [2.45, 2.75) is 30.9 Å². The van der Waals surface area contributed by atoms with Crippen molar-refractivity contribution in [2.75, 3.05) is 13.8 Å². The number of aliphatic hydroxyl groups is 1. The molecule has 0 saturated heterocycles. The number of carbonyl (C=O) groups is 1. The maximum absolute atomic E-state index is 13.1. The molecule has 15 heavy (non-hydrogen) atoms. The van der Waals surface area contributed by atoms with Crippen LogP contribution in [0.4, 0.5) is 13.2 Å². The van der Waals surface area contributed by atoms with Crippen LogP contribution in [0, 0.1) is 0 Å². The van der Waals surface area contributed by atoms with E-state index in [2.05, 4.69) is 4.74 Å². The first-order chi connectivity index (χ1) is 6.93. The van der Waals surface area contributed by atoms with E-state index in [0.717, 1.165) is 7.11 Å². The molecule has 0 fully saturated rings. The molecule has 3 unspecified atom stereocenters. The number of esters is 1. The van der Waals surface area contributed by atoms with Crippen molar-refractivity contribution in [1.29, 1.82) is 0 Å². The molecule has 0 aromatic rings. The van der Waals surface area contributed by atoms with Gasteiger partial charge in [0.05, 0.1) is 13.2 Å². The van der Waals surface area contributed by atoms with Gasteiger partial charge in [0.2, 0.25) is 0 Å². The van der Waals surface area contributed by atoms with E-state index >= 15 is 0 Å². The highest BCUT2D eigenvalue weighted by atomic mass is 19.2. The van der Waals surface area contributed by atoms with Crippen LogP contribution in [0.1, 0.15) is 6.42 Å². The van der Waals surface area contributed by atoms with E-state index < -0.39 is 43.6 Å². The summed E-state index contributed by atoms with van der Waals surface area (Å²) in [7, 11) is 0.985. The van der Waals surface area contributed by atoms with Gasteiger partial charge in [-0.2, -0.15) is 0 Å². The molecule has 7 heteroatoms. The van der Waals surface area contributed by atoms with Crippen molar-refractivity contribution < 1.29 is 27.8 Å². The molecule has 0 bridgehead atoms. The van der Waals surface area contributed by atoms with Crippen molar-refractivity contribution in [3.63, 3.8) is 0 Å². The summed E-state index contributed by atoms with van der Waals surface area (Å²) in [5.74, 6) is -1.10. The van der Waals surface area contributed by atoms with Crippen LogP contribution >= 0.6 is 0 Å². The molecule has 0 aliphatic carbocycles. The van der Waals surface area contributed by atoms with E-state index in [0.29, 0.717) is 0 Å². The Bertz CT molecular complexity index is 206. The third kappa shape index (κ3) is 4.48. The average Bonchev–Trinajstić information content (AvgIpc) is 2.25. The summed E-state index contributed by atoms with van der Waals surface area (Å²) < 4.78 is 42.0. The molecule has 0 aliphatic rings. The van der Waals surface area contributed by atoms with Gasteiger partial charge >= 0.3 is 5.97 Å². The van der Waals surface area contributed by atoms with Gasteiger partial charge in [-0.1, -0.05) is 0 Å². The van der Waals surface area contributed by atoms with E-state index in [9.17, 15) is 18.0 Å². The Morgan fingerprint density at radius 2 is 2.07 bits per heavy atom. The zero-order valence-electron chi connectivity index (χ0n) is 8.20. The minimum absolute atomic E-state index is 0.748. The van der Waals surface area contributed by atoms with Crippen LogP contribution in [0.15, 0.2) is 0 Å². The van der Waals surface area contributed by atoms with Crippen molar-refractivity contribution in [1.82, 2.24) is 0 Å². The molecular weight excluding hydrogens is 215 g/mol. The summed E-state index contributed by atoms with van der Waals surface area (Å²) in [5, 5.41) is 8.72. The Balaban J connectivity index is 4.18. The number of aliphatic hydroxyl groups excluding tert-OH is 1. The first-order valence-electron chi connectivity index (χ1n) is 4.29. The highest BCUT2D eigenvalue weighted by Crippen LogP contribution is 2.14. The Morgan fingerprint density at radius 3 is 2.47 bits per heavy atom. The molecule has 0 aliphatic heterocycles. The topological polar surface area (TPSA) is 72.5 Å². The van der Waals surface area contributed by atoms with E-state index in [-0.39, 0.29) is 0 Å². The Kier molecular flexibility index (Phi) is 6.26. The summed E-state index contributed by atoms with van der Waals surface area (Å²) in [5.41, 5.74) is 5.02. The lowest BCUT2D eigenvalue weighted by molar-refractivity contribution is -0.144. The number of hydrogen-bond acceptors (Lipinski definition) is 4. The van der Waals surface area contributed by atoms with E-state index in [1.54, 1.807) is 0 Å². The molecule has 4 nitrogen and oxygen atoms in total. The van der Waals surface area contributed by atoms with Crippen LogP contribution in [0.2, 0.25) is 0 Å². The van der Waals surface area contributed by atoms with E-state index in [1.807, 2.05) is 0 Å². The number of ether oxygens (including phenoxy) is 1. The molecule has 0 heterocycles. The standard InChI is InChI=1S/C8H14F3NO3/c1-15-8(14)7(12)6(11)5(10)2-4(13)3-9/h4-7,13H,2-3,12H2,1H3/t4?,5?,6?,7-/m1/s1. The molecular formula is C8H14F3NO3. The van der Waals surface area contributed by atoms with E-state index in [4.69, 9.17) is 10.8 Å². The molecule has 0 saturated carbocycles. The number of rotatable bonds is 6. The third-order valence-corrected chi connectivity index (χ3v) is 1.84. The van der Waals surface area contributed by atoms with Crippen LogP contribution in [-0.2, 0) is 9.53 Å². The van der Waals surface area contributed by atoms with Crippen molar-refractivity contribution in [2.24, 2.45) is 5.73 Å². The number of alkyl halides is 3. The third-order valence-electron chi connectivity index (χ3n) is 1.84. The summed E-state index contributed by atoms with van der Waals surface area (Å²) in [6.45, 7) is -1.18. The summed E-state index contributed by atoms with van der Waals surface area (Å²) in [4.78, 5) is 10.7. The first-order valence-corrected chi connectivity index (χ1v) is 4.29. The normalized spacial score (nSPS) is 19.1. The lowest BCUT2D eigenvalue weighted by atomic mass is 10.0. The molecule has 3 N–H and O–H groups in total. The van der Waals surface area contributed by atoms with Crippen molar-refractivity contribution >= 4 is 5.97 Å². The monoisotopic (exact) mass is 229 g/mol. The zero-order valence-corrected chi connectivity index (χ0v) is 8.20. The minimum Gasteiger partial charge on any atom is -0.468 e. The smallest absolute Gasteiger partial charge is 0.325 e. The van der Waals surface area contributed by atoms with Crippen molar-refractivity contribution in [3.05, 3.63) is 0 Å². The molecule has 4 atom stereocenters. The van der Waals surface area contributed by atoms with Crippen molar-refractivity contribution in [3.8, 4) is 0 Å². The maximum atomic E-state index is 13.1. The molecule has 0 radical (unpaired) electrons. The summed E-state index contributed by atoms with van der Waals surface area (Å²) in [6, 6.07) is -1.77. The van der Waals surface area contributed by atoms with Gasteiger partial charge in [0.25, 0.3) is 0 Å². The Labute approximate surface area is 85.2 Å². The molecule has 0 amide bonds. The van der Waals surface area contributed by atoms with Crippen LogP contribution < -0.4 is 5.73 Å². The number of methoxy groups -OCH3 is 1. The Morgan fingerprint density at radius 1 is 1.53 bits per heavy atom. The zero-order chi connectivity index (χ0) is 12.0. The van der Waals surface area contributed by atoms with Gasteiger partial charge < -0.3 is 15.6 Å². The molecule has 0 aromatic heterocycles. The largest absolute Gasteiger partial charge is 0.468 e. The second kappa shape index (κ2) is 6.62. The number of halogens is 3. The second-order valence-corrected chi connectivity index (χ2v) is 3.05. The number of nitrogens with two attached hydrogens (primary N) is 1. The molecule has 0 rings (SSSR count). The quantitative estimate of drug-likeness (QED) is 0.623. The van der Waals surface area contributed by atoms with Gasteiger partial charge in [-0.25, -0.2) is 13.2 Å². The molecule has 0 spiro atoms. The first kappa shape index (κ1) is 14.2. The van der Waals surface area contributed by atoms with Gasteiger partial charge in [-0.3, -0.25) is 4.79 Å². The molecule has 0 aromatic carbocycles. The lowest BCUT2D eigenvalue weighted by Gasteiger charge is -2.19. The fourth-order valence-electron chi connectivity index (χ4n) is 0.944. The minimum atomic E-state index is -2.32. The van der Waals surface area contributed by atoms with Gasteiger partial charge in [0.15, 0.2) is 6.17 Å². The molecule has 90 valence electrons. The van der Waals surface area contributed by atoms with E-state index in [1.165, 1.54) is 0 Å². The van der Waals surface area contributed by atoms with Crippen LogP contribution in [-0.4, -0.2) is 49.3 Å². The van der Waals surface area contributed by atoms with Gasteiger partial charge in [-0.05, 0) is 0 Å². The number of carbonyl (C=O) groups excluding carboxylic acids is 1. The van der Waals surface area contributed by atoms with Crippen LogP contribution in [0.25, 0.3) is 0 Å². The summed E-state index contributed by atoms with van der Waals surface area (Å²) in [6.07, 6.45) is -6.87. The Hall–Kier alpha value is -0.820. The highest BCUT2D eigenvalue weighted by molar-refractivity contribution is 5.76. The second-order valence-electron chi connectivity index (χ2n) is 3.05. The summed E-state index contributed by atoms with van der Waals surface area (Å²) >= 11 is 0. The fraction of sp³-hybridized carbons (Fsp3) is 0.875. The van der Waals surface area contributed by atoms with Gasteiger partial charge in [0, 0.05) is 6.42 Å². The van der Waals surface area contributed by atoms with Crippen LogP contribution in [0.5, 0.6) is 0 Å². The van der Waals surface area contributed by atoms with Crippen LogP contribution in [0.3, 0.4) is 0 Å². The lowest BCUT2D eigenvalue weighted by Crippen LogP contribution is -2.45. The predicted octanol–water partition coefficient (Wildman–Crippen LogP) is -0.117. The number of hydrogen-bond donors (Lipinski definition) is 2. The average molecular weight is 229 g/mol. The SMILES string of the molecule is COC(=O)[C@H](N)C(F)C(F)CC(O)CF. The van der Waals surface area contributed by atoms with Gasteiger partial charge in [-0.15, -0.1) is 0 Å². The fourth-order valence-corrected chi connectivity index (χ4v) is 0.944. The predicted molar refractivity (Wildman–Crippen MR) is 46.4 cm³/mol. The van der Waals surface area contributed by atoms with Gasteiger partial charge in [0.1, 0.15) is 18.9 Å². The maximum Gasteiger partial charge on any atom is 0.325 e. The highest BCUT2D eigenvalue weighted by Gasteiger charge is 2.33.